The summed E-state index contributed by atoms with van der Waals surface area (Å²) in [4.78, 5) is 34.4. The van der Waals surface area contributed by atoms with Crippen molar-refractivity contribution in [2.75, 3.05) is 18.9 Å². The molecule has 0 unspecified atom stereocenters. The summed E-state index contributed by atoms with van der Waals surface area (Å²) in [7, 11) is 1.43. The summed E-state index contributed by atoms with van der Waals surface area (Å²) in [6.07, 6.45) is 0. The number of rotatable bonds is 5. The molecule has 1 aromatic carbocycles. The smallest absolute Gasteiger partial charge is 0.321 e. The third-order valence-corrected chi connectivity index (χ3v) is 2.83. The molecule has 0 saturated carbocycles. The van der Waals surface area contributed by atoms with E-state index in [4.69, 9.17) is 0 Å². The SMILES string of the molecule is CNC(=O)NC(=O)CNc1ccc(C(=O)NC(C)C)cc1C. The first-order valence-electron chi connectivity index (χ1n) is 7.00. The van der Waals surface area contributed by atoms with E-state index in [-0.39, 0.29) is 18.5 Å². The van der Waals surface area contributed by atoms with Crippen LogP contribution in [0, 0.1) is 6.92 Å². The van der Waals surface area contributed by atoms with E-state index in [1.54, 1.807) is 18.2 Å². The Morgan fingerprint density at radius 2 is 1.86 bits per heavy atom. The molecular weight excluding hydrogens is 284 g/mol. The van der Waals surface area contributed by atoms with Crippen LogP contribution in [0.2, 0.25) is 0 Å². The number of carbonyl (C=O) groups excluding carboxylic acids is 3. The summed E-state index contributed by atoms with van der Waals surface area (Å²) in [5, 5.41) is 10.2. The van der Waals surface area contributed by atoms with Crippen molar-refractivity contribution in [2.45, 2.75) is 26.8 Å². The highest BCUT2D eigenvalue weighted by atomic mass is 16.2. The van der Waals surface area contributed by atoms with Crippen LogP contribution < -0.4 is 21.3 Å². The van der Waals surface area contributed by atoms with Crippen molar-refractivity contribution >= 4 is 23.5 Å². The highest BCUT2D eigenvalue weighted by molar-refractivity contribution is 5.97. The molecule has 0 aromatic heterocycles. The van der Waals surface area contributed by atoms with E-state index in [1.165, 1.54) is 7.05 Å². The van der Waals surface area contributed by atoms with Gasteiger partial charge >= 0.3 is 6.03 Å². The van der Waals surface area contributed by atoms with Gasteiger partial charge in [0.1, 0.15) is 0 Å². The minimum absolute atomic E-state index is 0.0359. The lowest BCUT2D eigenvalue weighted by molar-refractivity contribution is -0.118. The predicted octanol–water partition coefficient (Wildman–Crippen LogP) is 1.00. The minimum atomic E-state index is -0.552. The summed E-state index contributed by atoms with van der Waals surface area (Å²) in [5.74, 6) is -0.581. The van der Waals surface area contributed by atoms with Crippen molar-refractivity contribution < 1.29 is 14.4 Å². The molecule has 0 bridgehead atoms. The monoisotopic (exact) mass is 306 g/mol. The highest BCUT2D eigenvalue weighted by Gasteiger charge is 2.10. The highest BCUT2D eigenvalue weighted by Crippen LogP contribution is 2.16. The van der Waals surface area contributed by atoms with Crippen LogP contribution in [0.4, 0.5) is 10.5 Å². The Morgan fingerprint density at radius 1 is 1.18 bits per heavy atom. The zero-order chi connectivity index (χ0) is 16.7. The summed E-state index contributed by atoms with van der Waals surface area (Å²) < 4.78 is 0. The van der Waals surface area contributed by atoms with E-state index >= 15 is 0 Å². The topological polar surface area (TPSA) is 99.3 Å². The van der Waals surface area contributed by atoms with Crippen molar-refractivity contribution in [3.05, 3.63) is 29.3 Å². The number of nitrogens with one attached hydrogen (secondary N) is 4. The lowest BCUT2D eigenvalue weighted by atomic mass is 10.1. The fourth-order valence-electron chi connectivity index (χ4n) is 1.76. The van der Waals surface area contributed by atoms with Gasteiger partial charge in [0.2, 0.25) is 5.91 Å². The zero-order valence-electron chi connectivity index (χ0n) is 13.2. The maximum Gasteiger partial charge on any atom is 0.321 e. The van der Waals surface area contributed by atoms with Gasteiger partial charge in [0.05, 0.1) is 6.54 Å². The second kappa shape index (κ2) is 8.02. The molecule has 0 atom stereocenters. The Labute approximate surface area is 129 Å². The Bertz CT molecular complexity index is 570. The quantitative estimate of drug-likeness (QED) is 0.652. The fourth-order valence-corrected chi connectivity index (χ4v) is 1.76. The Hall–Kier alpha value is -2.57. The van der Waals surface area contributed by atoms with Gasteiger partial charge in [-0.25, -0.2) is 4.79 Å². The van der Waals surface area contributed by atoms with Crippen LogP contribution in [-0.2, 0) is 4.79 Å². The number of aryl methyl sites for hydroxylation is 1. The van der Waals surface area contributed by atoms with Gasteiger partial charge in [0, 0.05) is 24.3 Å². The van der Waals surface area contributed by atoms with Crippen molar-refractivity contribution in [1.82, 2.24) is 16.0 Å². The molecular formula is C15H22N4O3. The lowest BCUT2D eigenvalue weighted by Crippen LogP contribution is -2.40. The Balaban J connectivity index is 2.64. The van der Waals surface area contributed by atoms with Gasteiger partial charge in [-0.05, 0) is 44.5 Å². The average molecular weight is 306 g/mol. The first-order valence-corrected chi connectivity index (χ1v) is 7.00. The molecule has 0 aliphatic carbocycles. The van der Waals surface area contributed by atoms with Gasteiger partial charge in [0.15, 0.2) is 0 Å². The number of hydrogen-bond donors (Lipinski definition) is 4. The summed E-state index contributed by atoms with van der Waals surface area (Å²) in [6, 6.07) is 4.68. The summed E-state index contributed by atoms with van der Waals surface area (Å²) in [6.45, 7) is 5.59. The Kier molecular flexibility index (Phi) is 6.37. The summed E-state index contributed by atoms with van der Waals surface area (Å²) in [5.41, 5.74) is 2.13. The van der Waals surface area contributed by atoms with Crippen molar-refractivity contribution in [2.24, 2.45) is 0 Å². The van der Waals surface area contributed by atoms with Gasteiger partial charge in [-0.1, -0.05) is 0 Å². The van der Waals surface area contributed by atoms with Crippen LogP contribution in [0.1, 0.15) is 29.8 Å². The van der Waals surface area contributed by atoms with Gasteiger partial charge in [-0.3, -0.25) is 14.9 Å². The van der Waals surface area contributed by atoms with Crippen LogP contribution in [0.25, 0.3) is 0 Å². The molecule has 0 saturated heterocycles. The molecule has 0 radical (unpaired) electrons. The second-order valence-electron chi connectivity index (χ2n) is 5.14. The molecule has 1 rings (SSSR count). The van der Waals surface area contributed by atoms with Crippen LogP contribution in [0.5, 0.6) is 0 Å². The number of anilines is 1. The average Bonchev–Trinajstić information content (AvgIpc) is 2.44. The first-order chi connectivity index (χ1) is 10.3. The standard InChI is InChI=1S/C15H22N4O3/c1-9(2)18-14(21)11-5-6-12(10(3)7-11)17-8-13(20)19-15(22)16-4/h5-7,9,17H,8H2,1-4H3,(H,18,21)(H2,16,19,20,22). The maximum atomic E-state index is 11.9. The largest absolute Gasteiger partial charge is 0.376 e. The van der Waals surface area contributed by atoms with Crippen molar-refractivity contribution in [1.29, 1.82) is 0 Å². The zero-order valence-corrected chi connectivity index (χ0v) is 13.2. The molecule has 0 fully saturated rings. The number of amides is 4. The number of benzene rings is 1. The Morgan fingerprint density at radius 3 is 2.41 bits per heavy atom. The van der Waals surface area contributed by atoms with Gasteiger partial charge in [-0.2, -0.15) is 0 Å². The van der Waals surface area contributed by atoms with E-state index in [0.29, 0.717) is 5.56 Å². The van der Waals surface area contributed by atoms with Gasteiger partial charge in [0.25, 0.3) is 5.91 Å². The van der Waals surface area contributed by atoms with E-state index < -0.39 is 11.9 Å². The molecule has 0 heterocycles. The van der Waals surface area contributed by atoms with Crippen LogP contribution in [0.15, 0.2) is 18.2 Å². The van der Waals surface area contributed by atoms with E-state index in [1.807, 2.05) is 20.8 Å². The first kappa shape index (κ1) is 17.5. The van der Waals surface area contributed by atoms with Gasteiger partial charge in [-0.15, -0.1) is 0 Å². The lowest BCUT2D eigenvalue weighted by Gasteiger charge is -2.12. The van der Waals surface area contributed by atoms with E-state index in [9.17, 15) is 14.4 Å². The van der Waals surface area contributed by atoms with Crippen molar-refractivity contribution in [3.63, 3.8) is 0 Å². The predicted molar refractivity (Wildman–Crippen MR) is 84.9 cm³/mol. The fraction of sp³-hybridized carbons (Fsp3) is 0.400. The molecule has 7 nitrogen and oxygen atoms in total. The molecule has 0 aliphatic heterocycles. The number of imide groups is 1. The molecule has 120 valence electrons. The second-order valence-corrected chi connectivity index (χ2v) is 5.14. The van der Waals surface area contributed by atoms with Crippen LogP contribution in [-0.4, -0.2) is 37.5 Å². The normalized spacial score (nSPS) is 10.0. The van der Waals surface area contributed by atoms with Gasteiger partial charge < -0.3 is 16.0 Å². The van der Waals surface area contributed by atoms with E-state index in [2.05, 4.69) is 21.3 Å². The molecule has 7 heteroatoms. The maximum absolute atomic E-state index is 11.9. The van der Waals surface area contributed by atoms with Crippen molar-refractivity contribution in [3.8, 4) is 0 Å². The van der Waals surface area contributed by atoms with E-state index in [0.717, 1.165) is 11.3 Å². The van der Waals surface area contributed by atoms with Crippen LogP contribution in [0.3, 0.4) is 0 Å². The molecule has 4 amide bonds. The molecule has 4 N–H and O–H groups in total. The third kappa shape index (κ3) is 5.43. The van der Waals surface area contributed by atoms with Crippen LogP contribution >= 0.6 is 0 Å². The minimum Gasteiger partial charge on any atom is -0.376 e. The number of hydrogen-bond acceptors (Lipinski definition) is 4. The number of urea groups is 1. The number of carbonyl (C=O) groups is 3. The molecule has 22 heavy (non-hydrogen) atoms. The summed E-state index contributed by atoms with van der Waals surface area (Å²) >= 11 is 0. The third-order valence-electron chi connectivity index (χ3n) is 2.83. The molecule has 0 aliphatic rings. The molecule has 1 aromatic rings. The molecule has 0 spiro atoms.